The van der Waals surface area contributed by atoms with E-state index in [1.807, 2.05) is 13.0 Å². The Labute approximate surface area is 118 Å². The minimum atomic E-state index is 1.07. The summed E-state index contributed by atoms with van der Waals surface area (Å²) in [7, 11) is 0. The molecule has 0 unspecified atom stereocenters. The van der Waals surface area contributed by atoms with E-state index in [-0.39, 0.29) is 0 Å². The van der Waals surface area contributed by atoms with Gasteiger partial charge < -0.3 is 0 Å². The number of nitrogens with zero attached hydrogens (tertiary/aromatic N) is 2. The molecule has 19 heavy (non-hydrogen) atoms. The zero-order chi connectivity index (χ0) is 12.8. The summed E-state index contributed by atoms with van der Waals surface area (Å²) in [6.45, 7) is 2.04. The molecule has 0 N–H and O–H groups in total. The van der Waals surface area contributed by atoms with Crippen LogP contribution in [0.15, 0.2) is 42.5 Å². The zero-order valence-electron chi connectivity index (χ0n) is 10.3. The average Bonchev–Trinajstić information content (AvgIpc) is 2.99. The van der Waals surface area contributed by atoms with E-state index in [9.17, 15) is 0 Å². The third kappa shape index (κ3) is 1.84. The van der Waals surface area contributed by atoms with Gasteiger partial charge in [-0.1, -0.05) is 12.1 Å². The molecule has 4 aromatic rings. The van der Waals surface area contributed by atoms with Gasteiger partial charge in [0.25, 0.3) is 0 Å². The van der Waals surface area contributed by atoms with Crippen molar-refractivity contribution in [2.45, 2.75) is 6.92 Å². The second kappa shape index (κ2) is 4.11. The summed E-state index contributed by atoms with van der Waals surface area (Å²) in [4.78, 5) is 9.19. The largest absolute Gasteiger partial charge is 0.242 e. The molecular weight excluding hydrogens is 272 g/mol. The van der Waals surface area contributed by atoms with E-state index in [0.29, 0.717) is 0 Å². The molecule has 0 saturated carbocycles. The van der Waals surface area contributed by atoms with Crippen LogP contribution >= 0.6 is 22.7 Å². The van der Waals surface area contributed by atoms with Crippen molar-refractivity contribution in [2.24, 2.45) is 0 Å². The minimum Gasteiger partial charge on any atom is -0.242 e. The quantitative estimate of drug-likeness (QED) is 0.497. The Hall–Kier alpha value is -1.78. The van der Waals surface area contributed by atoms with Crippen LogP contribution in [-0.4, -0.2) is 9.97 Å². The van der Waals surface area contributed by atoms with Crippen molar-refractivity contribution < 1.29 is 0 Å². The monoisotopic (exact) mass is 282 g/mol. The molecule has 2 heterocycles. The highest BCUT2D eigenvalue weighted by Crippen LogP contribution is 2.33. The normalized spacial score (nSPS) is 11.4. The first-order valence-corrected chi connectivity index (χ1v) is 7.66. The first-order chi connectivity index (χ1) is 9.29. The van der Waals surface area contributed by atoms with Crippen LogP contribution in [0.2, 0.25) is 0 Å². The summed E-state index contributed by atoms with van der Waals surface area (Å²) in [5.41, 5.74) is 3.33. The maximum Gasteiger partial charge on any atom is 0.124 e. The minimum absolute atomic E-state index is 1.07. The van der Waals surface area contributed by atoms with Gasteiger partial charge in [0.05, 0.1) is 25.4 Å². The SMILES string of the molecule is Cc1nc2ccc(-c3nc4ccccc4s3)cc2s1. The van der Waals surface area contributed by atoms with Crippen molar-refractivity contribution >= 4 is 43.1 Å². The number of benzene rings is 2. The molecule has 0 saturated heterocycles. The van der Waals surface area contributed by atoms with Crippen LogP contribution in [0.3, 0.4) is 0 Å². The molecule has 0 bridgehead atoms. The molecule has 4 heteroatoms. The van der Waals surface area contributed by atoms with Gasteiger partial charge in [0.1, 0.15) is 5.01 Å². The van der Waals surface area contributed by atoms with Gasteiger partial charge in [-0.2, -0.15) is 0 Å². The number of hydrogen-bond donors (Lipinski definition) is 0. The summed E-state index contributed by atoms with van der Waals surface area (Å²) in [6, 6.07) is 14.6. The summed E-state index contributed by atoms with van der Waals surface area (Å²) in [5, 5.41) is 2.19. The summed E-state index contributed by atoms with van der Waals surface area (Å²) in [5.74, 6) is 0. The molecule has 0 aliphatic rings. The molecule has 4 rings (SSSR count). The van der Waals surface area contributed by atoms with E-state index in [4.69, 9.17) is 4.98 Å². The van der Waals surface area contributed by atoms with Gasteiger partial charge in [0.15, 0.2) is 0 Å². The van der Waals surface area contributed by atoms with Gasteiger partial charge in [-0.05, 0) is 37.3 Å². The molecular formula is C15H10N2S2. The van der Waals surface area contributed by atoms with Crippen molar-refractivity contribution in [1.82, 2.24) is 9.97 Å². The van der Waals surface area contributed by atoms with Crippen LogP contribution in [-0.2, 0) is 0 Å². The predicted molar refractivity (Wildman–Crippen MR) is 83.0 cm³/mol. The lowest BCUT2D eigenvalue weighted by molar-refractivity contribution is 1.35. The van der Waals surface area contributed by atoms with Crippen molar-refractivity contribution in [2.75, 3.05) is 0 Å². The topological polar surface area (TPSA) is 25.8 Å². The average molecular weight is 282 g/mol. The fraction of sp³-hybridized carbons (Fsp3) is 0.0667. The molecule has 0 atom stereocenters. The maximum atomic E-state index is 4.70. The van der Waals surface area contributed by atoms with Crippen LogP contribution in [0.25, 0.3) is 31.0 Å². The van der Waals surface area contributed by atoms with Crippen LogP contribution < -0.4 is 0 Å². The van der Waals surface area contributed by atoms with Crippen molar-refractivity contribution in [3.8, 4) is 10.6 Å². The Balaban J connectivity index is 1.92. The van der Waals surface area contributed by atoms with Gasteiger partial charge in [0, 0.05) is 5.56 Å². The number of fused-ring (bicyclic) bond motifs is 2. The van der Waals surface area contributed by atoms with E-state index in [2.05, 4.69) is 41.4 Å². The molecule has 0 aliphatic carbocycles. The number of thiazole rings is 2. The Morgan fingerprint density at radius 3 is 2.58 bits per heavy atom. The van der Waals surface area contributed by atoms with Gasteiger partial charge in [-0.3, -0.25) is 0 Å². The fourth-order valence-corrected chi connectivity index (χ4v) is 4.00. The Morgan fingerprint density at radius 2 is 1.68 bits per heavy atom. The van der Waals surface area contributed by atoms with Crippen LogP contribution in [0, 0.1) is 6.92 Å². The Morgan fingerprint density at radius 1 is 0.842 bits per heavy atom. The maximum absolute atomic E-state index is 4.70. The number of aryl methyl sites for hydroxylation is 1. The Bertz CT molecular complexity index is 856. The van der Waals surface area contributed by atoms with Gasteiger partial charge in [0.2, 0.25) is 0 Å². The van der Waals surface area contributed by atoms with E-state index < -0.39 is 0 Å². The second-order valence-corrected chi connectivity index (χ2v) is 6.67. The molecule has 2 aromatic heterocycles. The highest BCUT2D eigenvalue weighted by Gasteiger charge is 2.08. The number of para-hydroxylation sites is 1. The molecule has 0 aliphatic heterocycles. The predicted octanol–water partition coefficient (Wildman–Crippen LogP) is 4.88. The van der Waals surface area contributed by atoms with Crippen molar-refractivity contribution in [3.63, 3.8) is 0 Å². The van der Waals surface area contributed by atoms with Crippen LogP contribution in [0.1, 0.15) is 5.01 Å². The molecule has 0 spiro atoms. The zero-order valence-corrected chi connectivity index (χ0v) is 11.9. The first-order valence-electron chi connectivity index (χ1n) is 6.03. The van der Waals surface area contributed by atoms with Crippen LogP contribution in [0.5, 0.6) is 0 Å². The number of rotatable bonds is 1. The molecule has 0 radical (unpaired) electrons. The molecule has 0 fully saturated rings. The van der Waals surface area contributed by atoms with E-state index in [0.717, 1.165) is 21.0 Å². The number of hydrogen-bond acceptors (Lipinski definition) is 4. The van der Waals surface area contributed by atoms with E-state index >= 15 is 0 Å². The lowest BCUT2D eigenvalue weighted by atomic mass is 10.2. The summed E-state index contributed by atoms with van der Waals surface area (Å²) < 4.78 is 2.47. The van der Waals surface area contributed by atoms with Crippen molar-refractivity contribution in [1.29, 1.82) is 0 Å². The van der Waals surface area contributed by atoms with Crippen LogP contribution in [0.4, 0.5) is 0 Å². The number of aromatic nitrogens is 2. The second-order valence-electron chi connectivity index (χ2n) is 4.40. The lowest BCUT2D eigenvalue weighted by Gasteiger charge is -1.95. The standard InChI is InChI=1S/C15H10N2S2/c1-9-16-12-7-6-10(8-14(12)18-9)15-17-11-4-2-3-5-13(11)19-15/h2-8H,1H3. The smallest absolute Gasteiger partial charge is 0.124 e. The third-order valence-electron chi connectivity index (χ3n) is 3.04. The summed E-state index contributed by atoms with van der Waals surface area (Å²) >= 11 is 3.47. The van der Waals surface area contributed by atoms with Gasteiger partial charge >= 0.3 is 0 Å². The highest BCUT2D eigenvalue weighted by atomic mass is 32.1. The summed E-state index contributed by atoms with van der Waals surface area (Å²) in [6.07, 6.45) is 0. The lowest BCUT2D eigenvalue weighted by Crippen LogP contribution is -1.75. The first kappa shape index (κ1) is 11.1. The van der Waals surface area contributed by atoms with E-state index in [1.165, 1.54) is 15.0 Å². The third-order valence-corrected chi connectivity index (χ3v) is 5.06. The Kier molecular flexibility index (Phi) is 2.40. The molecule has 0 amide bonds. The fourth-order valence-electron chi connectivity index (χ4n) is 2.17. The van der Waals surface area contributed by atoms with E-state index in [1.54, 1.807) is 22.7 Å². The highest BCUT2D eigenvalue weighted by molar-refractivity contribution is 7.21. The van der Waals surface area contributed by atoms with Gasteiger partial charge in [-0.25, -0.2) is 9.97 Å². The van der Waals surface area contributed by atoms with Crippen molar-refractivity contribution in [3.05, 3.63) is 47.5 Å². The molecule has 92 valence electrons. The molecule has 2 nitrogen and oxygen atoms in total. The van der Waals surface area contributed by atoms with Gasteiger partial charge in [-0.15, -0.1) is 22.7 Å². The molecule has 2 aromatic carbocycles.